The third-order valence-corrected chi connectivity index (χ3v) is 32.8. The number of hydrogen-bond acceptors (Lipinski definition) is 1. The molecule has 3 heteroatoms. The molecule has 1 aliphatic heterocycles. The molecule has 69 heavy (non-hydrogen) atoms. The van der Waals surface area contributed by atoms with Gasteiger partial charge in [-0.25, -0.2) is 0 Å². The van der Waals surface area contributed by atoms with Gasteiger partial charge in [0.05, 0.1) is 0 Å². The van der Waals surface area contributed by atoms with Crippen molar-refractivity contribution in [1.82, 2.24) is 0 Å². The third kappa shape index (κ3) is 1.43. The van der Waals surface area contributed by atoms with Gasteiger partial charge in [-0.2, -0.15) is 0 Å². The predicted molar refractivity (Wildman–Crippen MR) is 300 cm³/mol. The summed E-state index contributed by atoms with van der Waals surface area (Å²) < 4.78 is 8.09. The van der Waals surface area contributed by atoms with Gasteiger partial charge in [-0.15, -0.1) is 0 Å². The molecule has 0 amide bonds. The van der Waals surface area contributed by atoms with Crippen LogP contribution in [-0.4, -0.2) is 16.6 Å². The SMILES string of the molecule is C[Si]1(C)C[C@]23c4c5c6c7c8c9c(c%10c%11c2c2c%12c4c4c%13c5c5c7c7c8c8c%14c9c%10c9c%10c%11c2c2c%11c%12c4c4c%12c%13c5c5c7c7c8c8c%14c9c9c%10c2c2c%11c4c4c%12c5c7c5c8c9c2c45)[C@@]63C[Si](C)(C)O1. The van der Waals surface area contributed by atoms with Crippen molar-refractivity contribution in [1.29, 1.82) is 0 Å². The first-order chi connectivity index (χ1) is 33.9. The van der Waals surface area contributed by atoms with Crippen LogP contribution in [0.1, 0.15) is 22.3 Å². The molecule has 28 aromatic carbocycles. The number of benzene rings is 17. The zero-order chi connectivity index (χ0) is 41.6. The van der Waals surface area contributed by atoms with Gasteiger partial charge in [0.25, 0.3) is 0 Å². The zero-order valence-electron chi connectivity index (χ0n) is 36.8. The maximum Gasteiger partial charge on any atom is 0.174 e. The highest BCUT2D eigenvalue weighted by Gasteiger charge is 2.73. The fourth-order valence-electron chi connectivity index (χ4n) is 26.3. The molecule has 1 nitrogen and oxygen atoms in total. The second-order valence-corrected chi connectivity index (χ2v) is 36.1. The first kappa shape index (κ1) is 26.6. The molecular formula is C66H16OSi2. The summed E-state index contributed by atoms with van der Waals surface area (Å²) in [5.41, 5.74) is 6.97. The van der Waals surface area contributed by atoms with Gasteiger partial charge in [0.2, 0.25) is 0 Å². The zero-order valence-corrected chi connectivity index (χ0v) is 38.8. The molecule has 0 bridgehead atoms. The molecule has 5 aliphatic rings. The molecule has 33 rings (SSSR count). The van der Waals surface area contributed by atoms with Gasteiger partial charge in [0.1, 0.15) is 0 Å². The lowest BCUT2D eigenvalue weighted by Gasteiger charge is -2.53. The first-order valence-corrected chi connectivity index (χ1v) is 32.6. The van der Waals surface area contributed by atoms with E-state index in [1.54, 1.807) is 291 Å². The lowest BCUT2D eigenvalue weighted by molar-refractivity contribution is 0.387. The smallest absolute Gasteiger partial charge is 0.174 e. The monoisotopic (exact) mass is 880 g/mol. The van der Waals surface area contributed by atoms with E-state index < -0.39 is 16.6 Å². The van der Waals surface area contributed by atoms with E-state index in [0.29, 0.717) is 0 Å². The van der Waals surface area contributed by atoms with Crippen molar-refractivity contribution in [3.63, 3.8) is 0 Å². The maximum absolute atomic E-state index is 8.09. The minimum atomic E-state index is -2.32. The van der Waals surface area contributed by atoms with Crippen molar-refractivity contribution in [2.24, 2.45) is 0 Å². The van der Waals surface area contributed by atoms with Gasteiger partial charge in [-0.05, 0) is 351 Å². The lowest BCUT2D eigenvalue weighted by Crippen LogP contribution is -2.52. The van der Waals surface area contributed by atoms with Crippen LogP contribution in [0.5, 0.6) is 0 Å². The van der Waals surface area contributed by atoms with Crippen molar-refractivity contribution in [3.8, 4) is 0 Å². The number of rotatable bonds is 0. The van der Waals surface area contributed by atoms with E-state index in [2.05, 4.69) is 26.2 Å². The van der Waals surface area contributed by atoms with E-state index in [1.807, 2.05) is 22.3 Å². The van der Waals surface area contributed by atoms with Gasteiger partial charge in [0, 0.05) is 10.8 Å². The second-order valence-electron chi connectivity index (χ2n) is 27.5. The summed E-state index contributed by atoms with van der Waals surface area (Å²) in [4.78, 5) is 0. The summed E-state index contributed by atoms with van der Waals surface area (Å²) in [7, 11) is -4.64. The Balaban J connectivity index is 1.22. The van der Waals surface area contributed by atoms with Crippen LogP contribution in [0.2, 0.25) is 38.3 Å². The quantitative estimate of drug-likeness (QED) is 0.109. The van der Waals surface area contributed by atoms with Crippen LogP contribution in [0.3, 0.4) is 0 Å². The number of hydrogen-bond donors (Lipinski definition) is 0. The van der Waals surface area contributed by atoms with Gasteiger partial charge >= 0.3 is 0 Å². The van der Waals surface area contributed by atoms with Crippen molar-refractivity contribution in [3.05, 3.63) is 22.3 Å². The van der Waals surface area contributed by atoms with E-state index in [0.717, 1.165) is 0 Å². The average Bonchev–Trinajstić information content (AvgIpc) is 4.27. The van der Waals surface area contributed by atoms with Crippen molar-refractivity contribution >= 4 is 307 Å². The van der Waals surface area contributed by atoms with Gasteiger partial charge in [-0.1, -0.05) is 0 Å². The van der Waals surface area contributed by atoms with Gasteiger partial charge < -0.3 is 4.12 Å². The maximum atomic E-state index is 8.09. The Labute approximate surface area is 380 Å². The van der Waals surface area contributed by atoms with Crippen molar-refractivity contribution < 1.29 is 4.12 Å². The highest BCUT2D eigenvalue weighted by Crippen LogP contribution is 2.86. The topological polar surface area (TPSA) is 9.23 Å². The molecule has 28 aromatic rings. The molecule has 1 saturated heterocycles. The fraction of sp³-hybridized carbons (Fsp3) is 0.121. The molecule has 294 valence electrons. The van der Waals surface area contributed by atoms with Crippen LogP contribution in [0.15, 0.2) is 0 Å². The summed E-state index contributed by atoms with van der Waals surface area (Å²) in [6.45, 7) is 10.8. The lowest BCUT2D eigenvalue weighted by atomic mass is 9.51. The Morgan fingerprint density at radius 3 is 0.493 bits per heavy atom. The van der Waals surface area contributed by atoms with Gasteiger partial charge in [0.15, 0.2) is 16.6 Å². The summed E-state index contributed by atoms with van der Waals surface area (Å²) in [6.07, 6.45) is 0. The molecular weight excluding hydrogens is 865 g/mol. The first-order valence-electron chi connectivity index (χ1n) is 26.3. The van der Waals surface area contributed by atoms with Crippen LogP contribution in [-0.2, 0) is 14.9 Å². The molecule has 0 saturated carbocycles. The third-order valence-electron chi connectivity index (χ3n) is 25.6. The van der Waals surface area contributed by atoms with Crippen LogP contribution in [0.4, 0.5) is 0 Å². The molecule has 2 atom stereocenters. The summed E-state index contributed by atoms with van der Waals surface area (Å²) in [5.74, 6) is 0. The highest BCUT2D eigenvalue weighted by molar-refractivity contribution is 6.87. The van der Waals surface area contributed by atoms with E-state index in [4.69, 9.17) is 4.12 Å². The van der Waals surface area contributed by atoms with E-state index in [9.17, 15) is 0 Å². The van der Waals surface area contributed by atoms with Crippen molar-refractivity contribution in [2.45, 2.75) is 49.1 Å². The minimum Gasteiger partial charge on any atom is -0.455 e. The normalized spacial score (nSPS) is 24.7. The average molecular weight is 881 g/mol. The molecule has 4 aliphatic carbocycles. The van der Waals surface area contributed by atoms with E-state index >= 15 is 0 Å². The van der Waals surface area contributed by atoms with Crippen LogP contribution in [0.25, 0.3) is 291 Å². The molecule has 0 N–H and O–H groups in total. The largest absolute Gasteiger partial charge is 0.455 e. The summed E-state index contributed by atoms with van der Waals surface area (Å²) >= 11 is 0. The van der Waals surface area contributed by atoms with Gasteiger partial charge in [-0.3, -0.25) is 0 Å². The Bertz CT molecular complexity index is 6910. The van der Waals surface area contributed by atoms with Crippen molar-refractivity contribution in [2.75, 3.05) is 0 Å². The Kier molecular flexibility index (Phi) is 2.23. The standard InChI is InChI=1S/C66H16OSi2/c1-68(2)5-65-61-54-47-35-27-18-9-7-8-10-13(9)22-29(27)37-38-30(22)28-19(10)21-17-12(8)15-14-11(7)16-20(18)33(35)41-39-25(16)23(14)31-32-24(15)26(17)40-42-34(21)36(28)48-50(38)59(58(61)49(37)47)62-55(48)53(42)57-46(40)44(32)51-43(31)45(39)56(52(41)54)63(65)60(51)64(57)66(62,65)6-69(3,4)67-68/h5-6H2,1-4H3/t65-,66+. The van der Waals surface area contributed by atoms with Crippen LogP contribution in [0, 0.1) is 0 Å². The summed E-state index contributed by atoms with van der Waals surface area (Å²) in [5, 5.41) is 91.5. The molecule has 0 aromatic heterocycles. The van der Waals surface area contributed by atoms with Crippen LogP contribution < -0.4 is 0 Å². The Hall–Kier alpha value is -7.15. The fourth-order valence-corrected chi connectivity index (χ4v) is 36.7. The van der Waals surface area contributed by atoms with Crippen LogP contribution >= 0.6 is 0 Å². The Morgan fingerprint density at radius 2 is 0.304 bits per heavy atom. The summed E-state index contributed by atoms with van der Waals surface area (Å²) in [6, 6.07) is 2.37. The molecule has 1 heterocycles. The Morgan fingerprint density at radius 1 is 0.188 bits per heavy atom. The predicted octanol–water partition coefficient (Wildman–Crippen LogP) is 18.7. The molecule has 0 radical (unpaired) electrons. The molecule has 0 unspecified atom stereocenters. The van der Waals surface area contributed by atoms with E-state index in [-0.39, 0.29) is 10.8 Å². The highest BCUT2D eigenvalue weighted by atomic mass is 28.4. The second kappa shape index (κ2) is 5.80. The minimum absolute atomic E-state index is 0.172. The van der Waals surface area contributed by atoms with E-state index in [1.165, 1.54) is 12.1 Å². The molecule has 2 spiro atoms. The molecule has 1 fully saturated rings.